The summed E-state index contributed by atoms with van der Waals surface area (Å²) in [5.74, 6) is -0.701. The molecule has 17 heavy (non-hydrogen) atoms. The number of hydrogen-bond donors (Lipinski definition) is 4. The maximum Gasteiger partial charge on any atom is 0.201 e. The van der Waals surface area contributed by atoms with Crippen LogP contribution in [0.4, 0.5) is 0 Å². The SMILES string of the molecule is Oc1ccc(O)c2c1C(O)CC(Cl)(Cl)C2(O)Cl. The minimum absolute atomic E-state index is 0.0700. The maximum absolute atomic E-state index is 10.1. The van der Waals surface area contributed by atoms with E-state index in [2.05, 4.69) is 0 Å². The van der Waals surface area contributed by atoms with E-state index in [1.54, 1.807) is 0 Å². The maximum atomic E-state index is 10.1. The van der Waals surface area contributed by atoms with Gasteiger partial charge in [0.25, 0.3) is 0 Å². The Hall–Kier alpha value is -0.390. The number of aliphatic hydroxyl groups is 2. The van der Waals surface area contributed by atoms with Crippen molar-refractivity contribution in [2.24, 2.45) is 0 Å². The van der Waals surface area contributed by atoms with Crippen molar-refractivity contribution >= 4 is 34.8 Å². The third kappa shape index (κ3) is 1.75. The topological polar surface area (TPSA) is 80.9 Å². The Kier molecular flexibility index (Phi) is 2.92. The molecule has 0 bridgehead atoms. The summed E-state index contributed by atoms with van der Waals surface area (Å²) in [5.41, 5.74) is -0.345. The molecule has 0 radical (unpaired) electrons. The number of aromatic hydroxyl groups is 2. The average molecular weight is 300 g/mol. The summed E-state index contributed by atoms with van der Waals surface area (Å²) in [6.07, 6.45) is -1.51. The van der Waals surface area contributed by atoms with Gasteiger partial charge >= 0.3 is 0 Å². The summed E-state index contributed by atoms with van der Waals surface area (Å²) in [6, 6.07) is 2.31. The summed E-state index contributed by atoms with van der Waals surface area (Å²) in [6.45, 7) is 0. The van der Waals surface area contributed by atoms with Crippen LogP contribution in [-0.4, -0.2) is 24.8 Å². The van der Waals surface area contributed by atoms with Crippen LogP contribution in [0.1, 0.15) is 23.7 Å². The summed E-state index contributed by atoms with van der Waals surface area (Å²) in [4.78, 5) is 0. The molecule has 1 aromatic rings. The molecule has 0 aliphatic heterocycles. The fourth-order valence-corrected chi connectivity index (χ4v) is 2.70. The predicted octanol–water partition coefficient (Wildman–Crippen LogP) is 2.09. The van der Waals surface area contributed by atoms with Crippen LogP contribution in [0.5, 0.6) is 11.5 Å². The Balaban J connectivity index is 2.78. The molecule has 4 nitrogen and oxygen atoms in total. The average Bonchev–Trinajstić information content (AvgIpc) is 2.17. The Morgan fingerprint density at radius 2 is 1.65 bits per heavy atom. The number of halogens is 3. The van der Waals surface area contributed by atoms with Gasteiger partial charge < -0.3 is 20.4 Å². The molecule has 1 aromatic carbocycles. The van der Waals surface area contributed by atoms with Crippen molar-refractivity contribution < 1.29 is 20.4 Å². The molecule has 0 amide bonds. The highest BCUT2D eigenvalue weighted by atomic mass is 35.5. The summed E-state index contributed by atoms with van der Waals surface area (Å²) in [7, 11) is 0. The van der Waals surface area contributed by atoms with Gasteiger partial charge in [-0.15, -0.1) is 0 Å². The van der Waals surface area contributed by atoms with Crippen molar-refractivity contribution in [1.29, 1.82) is 0 Å². The van der Waals surface area contributed by atoms with Gasteiger partial charge in [0, 0.05) is 12.0 Å². The van der Waals surface area contributed by atoms with E-state index in [9.17, 15) is 20.4 Å². The first-order valence-electron chi connectivity index (χ1n) is 4.71. The Morgan fingerprint density at radius 3 is 2.24 bits per heavy atom. The molecule has 0 spiro atoms. The molecule has 0 aromatic heterocycles. The molecule has 1 aliphatic carbocycles. The number of benzene rings is 1. The van der Waals surface area contributed by atoms with E-state index in [0.29, 0.717) is 0 Å². The predicted molar refractivity (Wildman–Crippen MR) is 63.5 cm³/mol. The number of phenols is 2. The number of hydrogen-bond acceptors (Lipinski definition) is 4. The quantitative estimate of drug-likeness (QED) is 0.437. The minimum atomic E-state index is -2.30. The van der Waals surface area contributed by atoms with E-state index < -0.39 is 21.2 Å². The standard InChI is InChI=1S/C10H9Cl3O4/c11-9(12)3-6(16)7-4(14)1-2-5(15)8(7)10(9,13)17/h1-2,6,14-17H,3H2. The highest BCUT2D eigenvalue weighted by molar-refractivity contribution is 6.53. The van der Waals surface area contributed by atoms with Crippen LogP contribution in [-0.2, 0) is 5.06 Å². The van der Waals surface area contributed by atoms with Crippen molar-refractivity contribution in [2.75, 3.05) is 0 Å². The van der Waals surface area contributed by atoms with Crippen LogP contribution in [0.2, 0.25) is 0 Å². The second-order valence-electron chi connectivity index (χ2n) is 3.94. The smallest absolute Gasteiger partial charge is 0.201 e. The summed E-state index contributed by atoms with van der Waals surface area (Å²) >= 11 is 17.5. The van der Waals surface area contributed by atoms with Crippen LogP contribution >= 0.6 is 34.8 Å². The Bertz CT molecular complexity index is 473. The van der Waals surface area contributed by atoms with Crippen LogP contribution < -0.4 is 0 Å². The Labute approximate surface area is 112 Å². The minimum Gasteiger partial charge on any atom is -0.508 e. The molecule has 0 saturated carbocycles. The molecule has 1 aliphatic rings. The zero-order valence-corrected chi connectivity index (χ0v) is 10.6. The molecule has 4 N–H and O–H groups in total. The van der Waals surface area contributed by atoms with E-state index in [0.717, 1.165) is 6.07 Å². The zero-order valence-electron chi connectivity index (χ0n) is 8.36. The van der Waals surface area contributed by atoms with Crippen LogP contribution in [0.3, 0.4) is 0 Å². The number of rotatable bonds is 0. The first kappa shape index (κ1) is 13.1. The highest BCUT2D eigenvalue weighted by Crippen LogP contribution is 2.58. The van der Waals surface area contributed by atoms with Crippen molar-refractivity contribution in [3.63, 3.8) is 0 Å². The normalized spacial score (nSPS) is 31.0. The van der Waals surface area contributed by atoms with Gasteiger partial charge in [0.1, 0.15) is 11.5 Å². The molecule has 0 heterocycles. The lowest BCUT2D eigenvalue weighted by Crippen LogP contribution is -2.44. The van der Waals surface area contributed by atoms with Gasteiger partial charge in [-0.25, -0.2) is 0 Å². The van der Waals surface area contributed by atoms with E-state index in [1.165, 1.54) is 6.07 Å². The molecular weight excluding hydrogens is 290 g/mol. The number of aliphatic hydroxyl groups excluding tert-OH is 1. The van der Waals surface area contributed by atoms with E-state index in [4.69, 9.17) is 34.8 Å². The van der Waals surface area contributed by atoms with Gasteiger partial charge in [0.2, 0.25) is 5.06 Å². The molecule has 0 saturated heterocycles. The third-order valence-electron chi connectivity index (χ3n) is 2.80. The highest BCUT2D eigenvalue weighted by Gasteiger charge is 2.56. The van der Waals surface area contributed by atoms with Gasteiger partial charge in [0.15, 0.2) is 4.33 Å². The monoisotopic (exact) mass is 298 g/mol. The van der Waals surface area contributed by atoms with Crippen LogP contribution in [0, 0.1) is 0 Å². The molecule has 2 rings (SSSR count). The van der Waals surface area contributed by atoms with Crippen molar-refractivity contribution in [2.45, 2.75) is 21.9 Å². The lowest BCUT2D eigenvalue weighted by Gasteiger charge is -2.41. The molecular formula is C10H9Cl3O4. The molecule has 7 heteroatoms. The number of alkyl halides is 3. The zero-order chi connectivity index (χ0) is 13.0. The lowest BCUT2D eigenvalue weighted by atomic mass is 9.84. The molecule has 2 atom stereocenters. The molecule has 94 valence electrons. The number of phenolic OH excluding ortho intramolecular Hbond substituents is 2. The van der Waals surface area contributed by atoms with Gasteiger partial charge in [-0.05, 0) is 12.1 Å². The first-order valence-corrected chi connectivity index (χ1v) is 5.84. The van der Waals surface area contributed by atoms with E-state index in [-0.39, 0.29) is 23.3 Å². The van der Waals surface area contributed by atoms with Gasteiger partial charge in [-0.2, -0.15) is 0 Å². The van der Waals surface area contributed by atoms with Gasteiger partial charge in [-0.1, -0.05) is 34.8 Å². The number of fused-ring (bicyclic) bond motifs is 1. The molecule has 2 unspecified atom stereocenters. The van der Waals surface area contributed by atoms with E-state index in [1.807, 2.05) is 0 Å². The van der Waals surface area contributed by atoms with Gasteiger partial charge in [-0.3, -0.25) is 0 Å². The first-order chi connectivity index (χ1) is 7.68. The summed E-state index contributed by atoms with van der Waals surface area (Å²) < 4.78 is -1.88. The lowest BCUT2D eigenvalue weighted by molar-refractivity contribution is 0.0478. The fraction of sp³-hybridized carbons (Fsp3) is 0.400. The van der Waals surface area contributed by atoms with Crippen LogP contribution in [0.15, 0.2) is 12.1 Å². The van der Waals surface area contributed by atoms with Crippen LogP contribution in [0.25, 0.3) is 0 Å². The van der Waals surface area contributed by atoms with Crippen molar-refractivity contribution in [3.8, 4) is 11.5 Å². The third-order valence-corrected chi connectivity index (χ3v) is 4.36. The fourth-order valence-electron chi connectivity index (χ4n) is 1.95. The second kappa shape index (κ2) is 3.80. The second-order valence-corrected chi connectivity index (χ2v) is 5.97. The largest absolute Gasteiger partial charge is 0.508 e. The van der Waals surface area contributed by atoms with E-state index >= 15 is 0 Å². The Morgan fingerprint density at radius 1 is 1.12 bits per heavy atom. The molecule has 0 fully saturated rings. The summed E-state index contributed by atoms with van der Waals surface area (Å²) in [5, 5.41) is 36.9. The van der Waals surface area contributed by atoms with Crippen molar-refractivity contribution in [3.05, 3.63) is 23.3 Å². The van der Waals surface area contributed by atoms with Crippen molar-refractivity contribution in [1.82, 2.24) is 0 Å². The van der Waals surface area contributed by atoms with Gasteiger partial charge in [0.05, 0.1) is 11.7 Å².